The maximum absolute atomic E-state index is 11.2. The van der Waals surface area contributed by atoms with Crippen LogP contribution in [-0.2, 0) is 11.3 Å². The number of guanidine groups is 1. The Hall–Kier alpha value is -1.55. The number of nitrogens with one attached hydrogen (secondary N) is 3. The van der Waals surface area contributed by atoms with Crippen molar-refractivity contribution in [3.8, 4) is 0 Å². The summed E-state index contributed by atoms with van der Waals surface area (Å²) in [6, 6.07) is 8.71. The van der Waals surface area contributed by atoms with Gasteiger partial charge >= 0.3 is 6.09 Å². The summed E-state index contributed by atoms with van der Waals surface area (Å²) in [5.41, 5.74) is 1.82. The van der Waals surface area contributed by atoms with Gasteiger partial charge in [-0.1, -0.05) is 12.1 Å². The second-order valence-electron chi connectivity index (χ2n) is 6.79. The van der Waals surface area contributed by atoms with Crippen molar-refractivity contribution < 1.29 is 9.53 Å². The molecule has 27 heavy (non-hydrogen) atoms. The number of benzene rings is 1. The van der Waals surface area contributed by atoms with Crippen LogP contribution in [0.3, 0.4) is 0 Å². The topological polar surface area (TPSA) is 78.0 Å². The third-order valence-corrected chi connectivity index (χ3v) is 4.67. The van der Waals surface area contributed by atoms with Crippen LogP contribution < -0.4 is 16.0 Å². The fourth-order valence-corrected chi connectivity index (χ4v) is 3.01. The van der Waals surface area contributed by atoms with Crippen LogP contribution in [0.5, 0.6) is 0 Å². The zero-order valence-electron chi connectivity index (χ0n) is 16.6. The molecule has 1 amide bonds. The van der Waals surface area contributed by atoms with Crippen LogP contribution >= 0.6 is 24.0 Å². The van der Waals surface area contributed by atoms with Gasteiger partial charge < -0.3 is 20.3 Å². The summed E-state index contributed by atoms with van der Waals surface area (Å²) in [5.74, 6) is 0.824. The van der Waals surface area contributed by atoms with Crippen molar-refractivity contribution >= 4 is 41.7 Å². The predicted molar refractivity (Wildman–Crippen MR) is 121 cm³/mol. The van der Waals surface area contributed by atoms with E-state index in [0.29, 0.717) is 24.3 Å². The summed E-state index contributed by atoms with van der Waals surface area (Å²) < 4.78 is 4.58. The molecular weight excluding hydrogens is 457 g/mol. The molecule has 0 bridgehead atoms. The molecule has 0 aromatic heterocycles. The van der Waals surface area contributed by atoms with Crippen LogP contribution in [0, 0.1) is 0 Å². The highest BCUT2D eigenvalue weighted by Crippen LogP contribution is 2.13. The molecule has 0 saturated carbocycles. The first-order valence-electron chi connectivity index (χ1n) is 9.17. The SMILES string of the molecule is CN=C(NCc1ccc(NC(=O)OC)cc1)NC1CCN(C(C)C)CC1.I. The van der Waals surface area contributed by atoms with E-state index in [1.807, 2.05) is 24.3 Å². The zero-order chi connectivity index (χ0) is 18.9. The largest absolute Gasteiger partial charge is 0.453 e. The molecule has 2 rings (SSSR count). The number of carbonyl (C=O) groups is 1. The second-order valence-corrected chi connectivity index (χ2v) is 6.79. The fourth-order valence-electron chi connectivity index (χ4n) is 3.01. The lowest BCUT2D eigenvalue weighted by Gasteiger charge is -2.35. The fraction of sp³-hybridized carbons (Fsp3) is 0.579. The Labute approximate surface area is 179 Å². The van der Waals surface area contributed by atoms with Crippen LogP contribution in [0.4, 0.5) is 10.5 Å². The summed E-state index contributed by atoms with van der Waals surface area (Å²) in [5, 5.41) is 9.51. The Bertz CT molecular complexity index is 599. The van der Waals surface area contributed by atoms with Crippen molar-refractivity contribution in [2.24, 2.45) is 4.99 Å². The molecule has 152 valence electrons. The van der Waals surface area contributed by atoms with Crippen molar-refractivity contribution in [2.75, 3.05) is 32.6 Å². The second kappa shape index (κ2) is 12.0. The van der Waals surface area contributed by atoms with Crippen LogP contribution in [0.1, 0.15) is 32.3 Å². The van der Waals surface area contributed by atoms with Gasteiger partial charge in [-0.3, -0.25) is 10.3 Å². The van der Waals surface area contributed by atoms with Gasteiger partial charge in [-0.15, -0.1) is 24.0 Å². The number of rotatable bonds is 5. The predicted octanol–water partition coefficient (Wildman–Crippen LogP) is 3.02. The Morgan fingerprint density at radius 1 is 1.26 bits per heavy atom. The van der Waals surface area contributed by atoms with Gasteiger partial charge in [0.1, 0.15) is 0 Å². The summed E-state index contributed by atoms with van der Waals surface area (Å²) in [6.45, 7) is 7.42. The highest BCUT2D eigenvalue weighted by atomic mass is 127. The number of likely N-dealkylation sites (tertiary alicyclic amines) is 1. The average Bonchev–Trinajstić information content (AvgIpc) is 2.66. The number of aliphatic imine (C=N–C) groups is 1. The molecule has 0 spiro atoms. The third kappa shape index (κ3) is 7.92. The summed E-state index contributed by atoms with van der Waals surface area (Å²) in [4.78, 5) is 18.0. The van der Waals surface area contributed by atoms with E-state index in [0.717, 1.165) is 37.5 Å². The number of hydrogen-bond acceptors (Lipinski definition) is 4. The molecule has 1 fully saturated rings. The summed E-state index contributed by atoms with van der Waals surface area (Å²) >= 11 is 0. The van der Waals surface area contributed by atoms with Gasteiger partial charge in [0.2, 0.25) is 0 Å². The van der Waals surface area contributed by atoms with Gasteiger partial charge in [0.05, 0.1) is 7.11 Å². The van der Waals surface area contributed by atoms with E-state index in [4.69, 9.17) is 0 Å². The molecule has 3 N–H and O–H groups in total. The number of methoxy groups -OCH3 is 1. The Balaban J connectivity index is 0.00000364. The number of carbonyl (C=O) groups excluding carboxylic acids is 1. The van der Waals surface area contributed by atoms with Crippen LogP contribution in [-0.4, -0.2) is 56.3 Å². The van der Waals surface area contributed by atoms with Gasteiger partial charge in [-0.25, -0.2) is 4.79 Å². The van der Waals surface area contributed by atoms with E-state index in [1.165, 1.54) is 7.11 Å². The Morgan fingerprint density at radius 3 is 2.41 bits per heavy atom. The lowest BCUT2D eigenvalue weighted by Crippen LogP contribution is -2.49. The molecule has 7 nitrogen and oxygen atoms in total. The van der Waals surface area contributed by atoms with Crippen LogP contribution in [0.15, 0.2) is 29.3 Å². The maximum Gasteiger partial charge on any atom is 0.411 e. The van der Waals surface area contributed by atoms with E-state index in [1.54, 1.807) is 7.05 Å². The molecule has 0 unspecified atom stereocenters. The molecule has 0 radical (unpaired) electrons. The van der Waals surface area contributed by atoms with E-state index in [2.05, 4.69) is 44.4 Å². The number of halogens is 1. The van der Waals surface area contributed by atoms with Gasteiger partial charge in [-0.2, -0.15) is 0 Å². The highest BCUT2D eigenvalue weighted by molar-refractivity contribution is 14.0. The molecule has 1 aliphatic rings. The minimum Gasteiger partial charge on any atom is -0.453 e. The van der Waals surface area contributed by atoms with Crippen LogP contribution in [0.25, 0.3) is 0 Å². The highest BCUT2D eigenvalue weighted by Gasteiger charge is 2.21. The molecule has 0 atom stereocenters. The lowest BCUT2D eigenvalue weighted by atomic mass is 10.0. The molecule has 1 aromatic carbocycles. The number of nitrogens with zero attached hydrogens (tertiary/aromatic N) is 2. The van der Waals surface area contributed by atoms with Gasteiger partial charge in [0.25, 0.3) is 0 Å². The first-order valence-corrected chi connectivity index (χ1v) is 9.17. The molecule has 0 aliphatic carbocycles. The Morgan fingerprint density at radius 2 is 1.89 bits per heavy atom. The zero-order valence-corrected chi connectivity index (χ0v) is 18.9. The minimum absolute atomic E-state index is 0. The first kappa shape index (κ1) is 23.5. The van der Waals surface area contributed by atoms with Crippen LogP contribution in [0.2, 0.25) is 0 Å². The van der Waals surface area contributed by atoms with E-state index in [9.17, 15) is 4.79 Å². The summed E-state index contributed by atoms with van der Waals surface area (Å²) in [6.07, 6.45) is 1.79. The number of piperidine rings is 1. The number of amides is 1. The quantitative estimate of drug-likeness (QED) is 0.337. The van der Waals surface area contributed by atoms with E-state index >= 15 is 0 Å². The van der Waals surface area contributed by atoms with Crippen molar-refractivity contribution in [1.29, 1.82) is 0 Å². The average molecular weight is 489 g/mol. The smallest absolute Gasteiger partial charge is 0.411 e. The minimum atomic E-state index is -0.469. The van der Waals surface area contributed by atoms with Gasteiger partial charge in [0.15, 0.2) is 5.96 Å². The number of ether oxygens (including phenoxy) is 1. The monoisotopic (exact) mass is 489 g/mol. The van der Waals surface area contributed by atoms with E-state index in [-0.39, 0.29) is 24.0 Å². The lowest BCUT2D eigenvalue weighted by molar-refractivity contribution is 0.167. The van der Waals surface area contributed by atoms with E-state index < -0.39 is 6.09 Å². The molecule has 1 aliphatic heterocycles. The number of anilines is 1. The normalized spacial score (nSPS) is 15.8. The molecule has 1 aromatic rings. The maximum atomic E-state index is 11.2. The number of hydrogen-bond donors (Lipinski definition) is 3. The van der Waals surface area contributed by atoms with Crippen molar-refractivity contribution in [3.63, 3.8) is 0 Å². The van der Waals surface area contributed by atoms with Gasteiger partial charge in [0, 0.05) is 44.5 Å². The third-order valence-electron chi connectivity index (χ3n) is 4.67. The Kier molecular flexibility index (Phi) is 10.5. The summed E-state index contributed by atoms with van der Waals surface area (Å²) in [7, 11) is 3.14. The van der Waals surface area contributed by atoms with Crippen molar-refractivity contribution in [2.45, 2.75) is 45.3 Å². The molecule has 1 saturated heterocycles. The molecule has 1 heterocycles. The molecule has 8 heteroatoms. The van der Waals surface area contributed by atoms with Crippen molar-refractivity contribution in [3.05, 3.63) is 29.8 Å². The standard InChI is InChI=1S/C19H31N5O2.HI/c1-14(2)24-11-9-17(10-12-24)22-18(20-3)21-13-15-5-7-16(8-6-15)23-19(25)26-4;/h5-8,14,17H,9-13H2,1-4H3,(H,23,25)(H2,20,21,22);1H. The molecular formula is C19H32IN5O2. The van der Waals surface area contributed by atoms with Gasteiger partial charge in [-0.05, 0) is 44.4 Å². The van der Waals surface area contributed by atoms with Crippen molar-refractivity contribution in [1.82, 2.24) is 15.5 Å². The first-order chi connectivity index (χ1) is 12.5.